The number of methoxy groups -OCH3 is 1. The zero-order chi connectivity index (χ0) is 17.8. The molecule has 1 N–H and O–H groups in total. The first-order valence-corrected chi connectivity index (χ1v) is 7.67. The first kappa shape index (κ1) is 19.5. The van der Waals surface area contributed by atoms with E-state index in [1.54, 1.807) is 13.3 Å². The molecular formula is C17H24N4O3. The monoisotopic (exact) mass is 332 g/mol. The number of allylic oxidation sites excluding steroid dienone is 2. The van der Waals surface area contributed by atoms with Gasteiger partial charge in [0.2, 0.25) is 0 Å². The summed E-state index contributed by atoms with van der Waals surface area (Å²) in [6.45, 7) is 5.30. The molecule has 0 bridgehead atoms. The van der Waals surface area contributed by atoms with Gasteiger partial charge < -0.3 is 9.84 Å². The predicted molar refractivity (Wildman–Crippen MR) is 91.6 cm³/mol. The summed E-state index contributed by atoms with van der Waals surface area (Å²) in [5, 5.41) is 11.4. The molecule has 0 saturated carbocycles. The molecule has 0 amide bonds. The number of nitrogens with zero attached hydrogens (tertiary/aromatic N) is 4. The van der Waals surface area contributed by atoms with Gasteiger partial charge >= 0.3 is 0 Å². The number of ether oxygens (including phenoxy) is 1. The van der Waals surface area contributed by atoms with Crippen LogP contribution < -0.4 is 0 Å². The van der Waals surface area contributed by atoms with Gasteiger partial charge in [0.25, 0.3) is 6.47 Å². The number of carbonyl (C=O) groups is 1. The standard InChI is InChI=1S/C16H22N4O.CH2O2/c1-13(2)7-6-9-15-18-16(14-8-4-5-10-17-14)19-20(15)11-12-21-3;2-1-3/h4-5,7-8,10H,6,9,11-12H2,1-3H3;1H,(H,2,3). The second-order valence-corrected chi connectivity index (χ2v) is 5.21. The SMILES string of the molecule is COCCn1nc(-c2ccccn2)nc1CCC=C(C)C.O=CO. The van der Waals surface area contributed by atoms with Crippen molar-refractivity contribution in [2.75, 3.05) is 13.7 Å². The molecule has 0 saturated heterocycles. The van der Waals surface area contributed by atoms with Gasteiger partial charge in [-0.2, -0.15) is 0 Å². The van der Waals surface area contributed by atoms with Gasteiger partial charge in [0.1, 0.15) is 11.5 Å². The van der Waals surface area contributed by atoms with Crippen molar-refractivity contribution in [3.8, 4) is 11.5 Å². The van der Waals surface area contributed by atoms with E-state index in [1.165, 1.54) is 5.57 Å². The van der Waals surface area contributed by atoms with Gasteiger partial charge in [-0.25, -0.2) is 9.67 Å². The van der Waals surface area contributed by atoms with Crippen LogP contribution >= 0.6 is 0 Å². The molecule has 0 aliphatic heterocycles. The van der Waals surface area contributed by atoms with Crippen molar-refractivity contribution in [3.63, 3.8) is 0 Å². The fourth-order valence-electron chi connectivity index (χ4n) is 2.01. The lowest BCUT2D eigenvalue weighted by Gasteiger charge is -2.03. The zero-order valence-electron chi connectivity index (χ0n) is 14.3. The molecule has 0 aliphatic carbocycles. The van der Waals surface area contributed by atoms with Crippen LogP contribution in [0, 0.1) is 0 Å². The van der Waals surface area contributed by atoms with Crippen LogP contribution in [0.25, 0.3) is 11.5 Å². The normalized spacial score (nSPS) is 9.79. The number of hydrogen-bond acceptors (Lipinski definition) is 5. The fourth-order valence-corrected chi connectivity index (χ4v) is 2.01. The summed E-state index contributed by atoms with van der Waals surface area (Å²) in [6, 6.07) is 5.76. The largest absolute Gasteiger partial charge is 0.483 e. The Morgan fingerprint density at radius 1 is 1.38 bits per heavy atom. The summed E-state index contributed by atoms with van der Waals surface area (Å²) < 4.78 is 7.07. The van der Waals surface area contributed by atoms with Crippen molar-refractivity contribution in [3.05, 3.63) is 41.9 Å². The smallest absolute Gasteiger partial charge is 0.290 e. The molecule has 0 unspecified atom stereocenters. The minimum Gasteiger partial charge on any atom is -0.483 e. The van der Waals surface area contributed by atoms with E-state index in [0.29, 0.717) is 19.0 Å². The summed E-state index contributed by atoms with van der Waals surface area (Å²) >= 11 is 0. The van der Waals surface area contributed by atoms with Crippen molar-refractivity contribution in [1.29, 1.82) is 0 Å². The Balaban J connectivity index is 0.000000891. The number of hydrogen-bond donors (Lipinski definition) is 1. The third kappa shape index (κ3) is 6.70. The van der Waals surface area contributed by atoms with Gasteiger partial charge in [-0.1, -0.05) is 17.7 Å². The maximum absolute atomic E-state index is 8.36. The van der Waals surface area contributed by atoms with Gasteiger partial charge in [-0.3, -0.25) is 9.78 Å². The average Bonchev–Trinajstić information content (AvgIpc) is 2.97. The highest BCUT2D eigenvalue weighted by molar-refractivity contribution is 5.47. The lowest BCUT2D eigenvalue weighted by molar-refractivity contribution is -0.122. The van der Waals surface area contributed by atoms with Gasteiger partial charge in [0.15, 0.2) is 5.82 Å². The van der Waals surface area contributed by atoms with Crippen molar-refractivity contribution in [2.24, 2.45) is 0 Å². The number of rotatable bonds is 7. The summed E-state index contributed by atoms with van der Waals surface area (Å²) in [5.41, 5.74) is 2.13. The Labute approximate surface area is 142 Å². The van der Waals surface area contributed by atoms with Crippen LogP contribution in [-0.4, -0.2) is 45.0 Å². The quantitative estimate of drug-likeness (QED) is 0.619. The van der Waals surface area contributed by atoms with Gasteiger partial charge in [0.05, 0.1) is 13.2 Å². The Morgan fingerprint density at radius 2 is 2.12 bits per heavy atom. The molecule has 0 aliphatic rings. The van der Waals surface area contributed by atoms with Crippen molar-refractivity contribution in [2.45, 2.75) is 33.2 Å². The van der Waals surface area contributed by atoms with Crippen LogP contribution in [0.4, 0.5) is 0 Å². The molecule has 7 heteroatoms. The van der Waals surface area contributed by atoms with Crippen LogP contribution in [0.1, 0.15) is 26.1 Å². The molecule has 0 fully saturated rings. The summed E-state index contributed by atoms with van der Waals surface area (Å²) in [7, 11) is 1.69. The Bertz CT molecular complexity index is 635. The molecule has 2 aromatic rings. The maximum Gasteiger partial charge on any atom is 0.290 e. The highest BCUT2D eigenvalue weighted by Crippen LogP contribution is 2.13. The van der Waals surface area contributed by atoms with E-state index in [0.717, 1.165) is 24.4 Å². The van der Waals surface area contributed by atoms with Crippen molar-refractivity contribution >= 4 is 6.47 Å². The number of aromatic nitrogens is 4. The van der Waals surface area contributed by atoms with Crippen LogP contribution in [0.2, 0.25) is 0 Å². The molecule has 2 rings (SSSR count). The van der Waals surface area contributed by atoms with Crippen LogP contribution in [0.15, 0.2) is 36.0 Å². The molecule has 0 aromatic carbocycles. The van der Waals surface area contributed by atoms with E-state index in [1.807, 2.05) is 22.9 Å². The highest BCUT2D eigenvalue weighted by atomic mass is 16.5. The van der Waals surface area contributed by atoms with Crippen LogP contribution in [0.3, 0.4) is 0 Å². The number of pyridine rings is 1. The highest BCUT2D eigenvalue weighted by Gasteiger charge is 2.11. The van der Waals surface area contributed by atoms with Gasteiger partial charge in [-0.05, 0) is 32.4 Å². The van der Waals surface area contributed by atoms with Crippen LogP contribution in [-0.2, 0) is 22.5 Å². The van der Waals surface area contributed by atoms with E-state index in [2.05, 4.69) is 35.0 Å². The Hall–Kier alpha value is -2.54. The summed E-state index contributed by atoms with van der Waals surface area (Å²) in [5.74, 6) is 1.66. The minimum absolute atomic E-state index is 0.250. The second kappa shape index (κ2) is 11.1. The molecular weight excluding hydrogens is 308 g/mol. The zero-order valence-corrected chi connectivity index (χ0v) is 14.3. The second-order valence-electron chi connectivity index (χ2n) is 5.21. The lowest BCUT2D eigenvalue weighted by Crippen LogP contribution is -2.10. The molecule has 130 valence electrons. The minimum atomic E-state index is -0.250. The third-order valence-electron chi connectivity index (χ3n) is 3.07. The predicted octanol–water partition coefficient (Wildman–Crippen LogP) is 2.59. The summed E-state index contributed by atoms with van der Waals surface area (Å²) in [6.07, 6.45) is 5.81. The van der Waals surface area contributed by atoms with Gasteiger partial charge in [0, 0.05) is 19.7 Å². The molecule has 2 aromatic heterocycles. The van der Waals surface area contributed by atoms with E-state index < -0.39 is 0 Å². The first-order chi connectivity index (χ1) is 11.6. The first-order valence-electron chi connectivity index (χ1n) is 7.67. The molecule has 0 atom stereocenters. The molecule has 0 spiro atoms. The van der Waals surface area contributed by atoms with E-state index in [9.17, 15) is 0 Å². The van der Waals surface area contributed by atoms with E-state index >= 15 is 0 Å². The molecule has 7 nitrogen and oxygen atoms in total. The summed E-state index contributed by atoms with van der Waals surface area (Å²) in [4.78, 5) is 17.3. The van der Waals surface area contributed by atoms with Crippen LogP contribution in [0.5, 0.6) is 0 Å². The van der Waals surface area contributed by atoms with E-state index in [-0.39, 0.29) is 6.47 Å². The van der Waals surface area contributed by atoms with E-state index in [4.69, 9.17) is 14.6 Å². The molecule has 24 heavy (non-hydrogen) atoms. The van der Waals surface area contributed by atoms with Crippen molar-refractivity contribution < 1.29 is 14.6 Å². The number of carboxylic acid groups (broad SMARTS) is 1. The topological polar surface area (TPSA) is 90.1 Å². The fraction of sp³-hybridized carbons (Fsp3) is 0.412. The Morgan fingerprint density at radius 3 is 2.71 bits per heavy atom. The molecule has 0 radical (unpaired) electrons. The molecule has 2 heterocycles. The number of aryl methyl sites for hydroxylation is 1. The van der Waals surface area contributed by atoms with Gasteiger partial charge in [-0.15, -0.1) is 5.10 Å². The lowest BCUT2D eigenvalue weighted by atomic mass is 10.2. The Kier molecular flexibility index (Phi) is 8.99. The van der Waals surface area contributed by atoms with Crippen molar-refractivity contribution in [1.82, 2.24) is 19.7 Å². The maximum atomic E-state index is 8.36. The third-order valence-corrected chi connectivity index (χ3v) is 3.07. The average molecular weight is 332 g/mol.